The summed E-state index contributed by atoms with van der Waals surface area (Å²) in [7, 11) is 0. The average molecular weight is 633 g/mol. The van der Waals surface area contributed by atoms with Gasteiger partial charge < -0.3 is 24.0 Å². The van der Waals surface area contributed by atoms with Crippen LogP contribution in [0.1, 0.15) is 25.3 Å². The number of carbonyl (C=O) groups excluding carboxylic acids is 1. The van der Waals surface area contributed by atoms with E-state index in [-0.39, 0.29) is 43.4 Å². The second-order valence-electron chi connectivity index (χ2n) is 9.44. The maximum absolute atomic E-state index is 12.1. The Balaban J connectivity index is 0.00000220. The van der Waals surface area contributed by atoms with Crippen LogP contribution in [-0.2, 0) is 26.6 Å². The van der Waals surface area contributed by atoms with Crippen LogP contribution in [0.4, 0.5) is 5.69 Å². The first-order valence-corrected chi connectivity index (χ1v) is 13.6. The average Bonchev–Trinajstić information content (AvgIpc) is 3.59. The van der Waals surface area contributed by atoms with E-state index in [1.165, 1.54) is 6.33 Å². The molecule has 0 unspecified atom stereocenters. The predicted molar refractivity (Wildman–Crippen MR) is 159 cm³/mol. The number of carbonyl (C=O) groups is 1. The molecule has 218 valence electrons. The van der Waals surface area contributed by atoms with Gasteiger partial charge in [-0.2, -0.15) is 5.10 Å². The van der Waals surface area contributed by atoms with Crippen molar-refractivity contribution in [1.29, 1.82) is 0 Å². The first-order valence-electron chi connectivity index (χ1n) is 12.8. The lowest BCUT2D eigenvalue weighted by molar-refractivity contribution is -0.190. The van der Waals surface area contributed by atoms with Crippen molar-refractivity contribution < 1.29 is 19.0 Å². The van der Waals surface area contributed by atoms with Crippen LogP contribution in [-0.4, -0.2) is 71.1 Å². The van der Waals surface area contributed by atoms with Crippen molar-refractivity contribution in [3.8, 4) is 5.75 Å². The Morgan fingerprint density at radius 3 is 2.50 bits per heavy atom. The molecule has 2 aliphatic rings. The number of hydrogen-bond acceptors (Lipinski definition) is 7. The summed E-state index contributed by atoms with van der Waals surface area (Å²) in [5.41, 5.74) is 1.78. The van der Waals surface area contributed by atoms with Crippen molar-refractivity contribution in [2.24, 2.45) is 0 Å². The molecule has 1 aromatic heterocycles. The van der Waals surface area contributed by atoms with Gasteiger partial charge >= 0.3 is 0 Å². The summed E-state index contributed by atoms with van der Waals surface area (Å²) >= 11 is 12.6. The molecular formula is C27H33Cl4N5O4. The lowest BCUT2D eigenvalue weighted by Gasteiger charge is -2.36. The fourth-order valence-electron chi connectivity index (χ4n) is 4.81. The van der Waals surface area contributed by atoms with Crippen LogP contribution in [0.15, 0.2) is 55.1 Å². The molecule has 0 spiro atoms. The van der Waals surface area contributed by atoms with Gasteiger partial charge in [-0.25, -0.2) is 9.67 Å². The van der Waals surface area contributed by atoms with E-state index in [9.17, 15) is 4.79 Å². The minimum atomic E-state index is -1.14. The molecule has 2 atom stereocenters. The Kier molecular flexibility index (Phi) is 11.7. The number of ether oxygens (including phenoxy) is 3. The van der Waals surface area contributed by atoms with Gasteiger partial charge in [0.2, 0.25) is 11.7 Å². The molecule has 0 radical (unpaired) electrons. The smallest absolute Gasteiger partial charge is 0.222 e. The number of benzene rings is 2. The normalized spacial score (nSPS) is 20.5. The monoisotopic (exact) mass is 631 g/mol. The summed E-state index contributed by atoms with van der Waals surface area (Å²) in [6.07, 6.45) is 4.25. The molecule has 2 aliphatic heterocycles. The molecule has 0 N–H and O–H groups in total. The van der Waals surface area contributed by atoms with Crippen molar-refractivity contribution in [1.82, 2.24) is 19.7 Å². The Labute approximate surface area is 256 Å². The number of piperazine rings is 1. The van der Waals surface area contributed by atoms with Crippen LogP contribution in [0, 0.1) is 0 Å². The van der Waals surface area contributed by atoms with Crippen molar-refractivity contribution in [2.45, 2.75) is 38.2 Å². The standard InChI is InChI=1S/C27H31Cl2N5O4.2ClH/c1-2-3-26(35)33-12-10-32(11-13-33)21-5-7-22(8-6-21)36-15-23-16-37-27(38-23,17-34-19-30-18-31-34)24-9-4-20(28)14-25(24)29;;/h4-9,14,18-19,23H,2-3,10-13,15-17H2,1H3;2*1H/t23-,27-;;/m1../s1. The minimum Gasteiger partial charge on any atom is -0.491 e. The van der Waals surface area contributed by atoms with E-state index in [2.05, 4.69) is 15.0 Å². The highest BCUT2D eigenvalue weighted by atomic mass is 35.5. The lowest BCUT2D eigenvalue weighted by Crippen LogP contribution is -2.48. The van der Waals surface area contributed by atoms with Crippen molar-refractivity contribution in [2.75, 3.05) is 44.3 Å². The van der Waals surface area contributed by atoms with E-state index in [0.717, 1.165) is 44.0 Å². The largest absolute Gasteiger partial charge is 0.491 e. The predicted octanol–water partition coefficient (Wildman–Crippen LogP) is 5.22. The van der Waals surface area contributed by atoms with E-state index in [0.29, 0.717) is 35.2 Å². The highest BCUT2D eigenvalue weighted by molar-refractivity contribution is 6.35. The summed E-state index contributed by atoms with van der Waals surface area (Å²) < 4.78 is 20.3. The maximum Gasteiger partial charge on any atom is 0.222 e. The van der Waals surface area contributed by atoms with Crippen molar-refractivity contribution in [3.05, 3.63) is 70.7 Å². The molecule has 40 heavy (non-hydrogen) atoms. The molecule has 9 nitrogen and oxygen atoms in total. The first kappa shape index (κ1) is 32.2. The number of aromatic nitrogens is 3. The molecule has 3 aromatic rings. The zero-order chi connectivity index (χ0) is 26.5. The van der Waals surface area contributed by atoms with Crippen molar-refractivity contribution in [3.63, 3.8) is 0 Å². The number of halogens is 4. The minimum absolute atomic E-state index is 0. The van der Waals surface area contributed by atoms with Crippen LogP contribution in [0.3, 0.4) is 0 Å². The van der Waals surface area contributed by atoms with E-state index in [1.54, 1.807) is 23.1 Å². The molecular weight excluding hydrogens is 600 g/mol. The van der Waals surface area contributed by atoms with E-state index < -0.39 is 5.79 Å². The summed E-state index contributed by atoms with van der Waals surface area (Å²) in [5, 5.41) is 5.19. The van der Waals surface area contributed by atoms with Gasteiger partial charge in [-0.1, -0.05) is 36.2 Å². The molecule has 0 saturated carbocycles. The van der Waals surface area contributed by atoms with Gasteiger partial charge in [0.05, 0.1) is 11.6 Å². The van der Waals surface area contributed by atoms with Crippen molar-refractivity contribution >= 4 is 59.6 Å². The molecule has 2 saturated heterocycles. The van der Waals surface area contributed by atoms with E-state index >= 15 is 0 Å². The SMILES string of the molecule is CCCC(=O)N1CCN(c2ccc(OC[C@@H]3CO[C@@](Cn4cncn4)(c4ccc(Cl)cc4Cl)O3)cc2)CC1.Cl.Cl. The second kappa shape index (κ2) is 14.6. The molecule has 1 amide bonds. The van der Waals surface area contributed by atoms with Gasteiger partial charge in [0.15, 0.2) is 0 Å². The van der Waals surface area contributed by atoms with Gasteiger partial charge in [0.25, 0.3) is 0 Å². The van der Waals surface area contributed by atoms with Crippen LogP contribution in [0.2, 0.25) is 10.0 Å². The lowest BCUT2D eigenvalue weighted by atomic mass is 10.1. The quantitative estimate of drug-likeness (QED) is 0.320. The Morgan fingerprint density at radius 1 is 1.10 bits per heavy atom. The zero-order valence-corrected chi connectivity index (χ0v) is 25.2. The molecule has 2 fully saturated rings. The third-order valence-corrected chi connectivity index (χ3v) is 7.32. The van der Waals surface area contributed by atoms with Gasteiger partial charge in [-0.3, -0.25) is 4.79 Å². The Hall–Kier alpha value is -2.27. The number of rotatable bonds is 9. The number of anilines is 1. The first-order chi connectivity index (χ1) is 18.5. The van der Waals surface area contributed by atoms with Gasteiger partial charge in [0.1, 0.15) is 37.7 Å². The van der Waals surface area contributed by atoms with Gasteiger partial charge in [0, 0.05) is 48.9 Å². The summed E-state index contributed by atoms with van der Waals surface area (Å²) in [6, 6.07) is 13.2. The van der Waals surface area contributed by atoms with Gasteiger partial charge in [-0.05, 0) is 42.8 Å². The Morgan fingerprint density at radius 2 is 1.85 bits per heavy atom. The van der Waals surface area contributed by atoms with Crippen LogP contribution >= 0.6 is 48.0 Å². The number of nitrogens with zero attached hydrogens (tertiary/aromatic N) is 5. The molecule has 5 rings (SSSR count). The molecule has 13 heteroatoms. The Bertz CT molecular complexity index is 1230. The van der Waals surface area contributed by atoms with E-state index in [1.807, 2.05) is 42.2 Å². The third-order valence-electron chi connectivity index (χ3n) is 6.77. The van der Waals surface area contributed by atoms with Crippen LogP contribution in [0.5, 0.6) is 5.75 Å². The molecule has 2 aromatic carbocycles. The zero-order valence-electron chi connectivity index (χ0n) is 22.1. The van der Waals surface area contributed by atoms with Gasteiger partial charge in [-0.15, -0.1) is 24.8 Å². The third kappa shape index (κ3) is 7.51. The summed E-state index contributed by atoms with van der Waals surface area (Å²) in [4.78, 5) is 20.4. The van der Waals surface area contributed by atoms with E-state index in [4.69, 9.17) is 37.4 Å². The number of hydrogen-bond donors (Lipinski definition) is 0. The fourth-order valence-corrected chi connectivity index (χ4v) is 5.36. The van der Waals surface area contributed by atoms with Crippen LogP contribution in [0.25, 0.3) is 0 Å². The summed E-state index contributed by atoms with van der Waals surface area (Å²) in [6.45, 7) is 6.10. The molecule has 0 bridgehead atoms. The number of amides is 1. The molecule has 0 aliphatic carbocycles. The van der Waals surface area contributed by atoms with Crippen LogP contribution < -0.4 is 9.64 Å². The highest BCUT2D eigenvalue weighted by Gasteiger charge is 2.45. The summed E-state index contributed by atoms with van der Waals surface area (Å²) in [5.74, 6) is -0.154. The molecule has 3 heterocycles. The fraction of sp³-hybridized carbons (Fsp3) is 0.444. The maximum atomic E-state index is 12.1. The highest BCUT2D eigenvalue weighted by Crippen LogP contribution is 2.40. The second-order valence-corrected chi connectivity index (χ2v) is 10.3. The topological polar surface area (TPSA) is 82.0 Å².